The molecule has 0 bridgehead atoms. The van der Waals surface area contributed by atoms with Crippen molar-refractivity contribution in [1.29, 1.82) is 0 Å². The second kappa shape index (κ2) is 6.65. The average molecular weight is 320 g/mol. The van der Waals surface area contributed by atoms with Gasteiger partial charge in [-0.3, -0.25) is 10.1 Å². The molecular weight excluding hydrogens is 304 g/mol. The van der Waals surface area contributed by atoms with E-state index in [4.69, 9.17) is 10.5 Å². The van der Waals surface area contributed by atoms with Crippen molar-refractivity contribution in [2.24, 2.45) is 5.73 Å². The van der Waals surface area contributed by atoms with E-state index in [-0.39, 0.29) is 17.5 Å². The predicted octanol–water partition coefficient (Wildman–Crippen LogP) is 3.06. The van der Waals surface area contributed by atoms with Gasteiger partial charge in [0.1, 0.15) is 0 Å². The smallest absolute Gasteiger partial charge is 0.340 e. The van der Waals surface area contributed by atoms with E-state index >= 15 is 0 Å². The zero-order valence-corrected chi connectivity index (χ0v) is 13.1. The molecule has 7 heteroatoms. The number of esters is 1. The first-order valence-electron chi connectivity index (χ1n) is 6.69. The van der Waals surface area contributed by atoms with Gasteiger partial charge in [0, 0.05) is 12.1 Å². The van der Waals surface area contributed by atoms with Crippen molar-refractivity contribution in [3.05, 3.63) is 62.2 Å². The molecule has 0 radical (unpaired) electrons. The van der Waals surface area contributed by atoms with Gasteiger partial charge >= 0.3 is 5.97 Å². The van der Waals surface area contributed by atoms with Crippen LogP contribution in [0.5, 0.6) is 0 Å². The number of ether oxygens (including phenoxy) is 1. The van der Waals surface area contributed by atoms with E-state index < -0.39 is 10.9 Å². The summed E-state index contributed by atoms with van der Waals surface area (Å²) in [7, 11) is 0. The third-order valence-electron chi connectivity index (χ3n) is 3.29. The first kappa shape index (κ1) is 16.1. The van der Waals surface area contributed by atoms with Gasteiger partial charge in [-0.25, -0.2) is 4.79 Å². The van der Waals surface area contributed by atoms with E-state index in [9.17, 15) is 14.9 Å². The Bertz CT molecular complexity index is 665. The number of hydrogen-bond acceptors (Lipinski definition) is 6. The number of non-ortho nitro benzene ring substituents is 1. The topological polar surface area (TPSA) is 95.5 Å². The van der Waals surface area contributed by atoms with Crippen LogP contribution in [0.2, 0.25) is 0 Å². The van der Waals surface area contributed by atoms with Gasteiger partial charge < -0.3 is 10.5 Å². The van der Waals surface area contributed by atoms with Crippen molar-refractivity contribution in [2.75, 3.05) is 6.61 Å². The molecule has 6 nitrogen and oxygen atoms in total. The van der Waals surface area contributed by atoms with Crippen LogP contribution < -0.4 is 5.73 Å². The molecule has 22 heavy (non-hydrogen) atoms. The largest absolute Gasteiger partial charge is 0.462 e. The minimum atomic E-state index is -0.444. The fraction of sp³-hybridized carbons (Fsp3) is 0.267. The van der Waals surface area contributed by atoms with Crippen molar-refractivity contribution in [2.45, 2.75) is 19.1 Å². The number of nitro benzene ring substituents is 1. The second-order valence-electron chi connectivity index (χ2n) is 4.72. The van der Waals surface area contributed by atoms with Gasteiger partial charge in [0.25, 0.3) is 5.69 Å². The summed E-state index contributed by atoms with van der Waals surface area (Å²) in [6, 6.07) is 6.29. The molecule has 2 rings (SSSR count). The number of hydrogen-bond donors (Lipinski definition) is 1. The molecule has 1 aromatic rings. The molecule has 1 atom stereocenters. The van der Waals surface area contributed by atoms with Gasteiger partial charge in [-0.2, -0.15) is 0 Å². The van der Waals surface area contributed by atoms with Crippen LogP contribution in [0.15, 0.2) is 46.5 Å². The van der Waals surface area contributed by atoms with E-state index in [2.05, 4.69) is 0 Å². The summed E-state index contributed by atoms with van der Waals surface area (Å²) in [5, 5.41) is 12.3. The number of benzene rings is 1. The van der Waals surface area contributed by atoms with Crippen LogP contribution in [0.1, 0.15) is 24.7 Å². The molecular formula is C15H16N2O4S. The molecule has 116 valence electrons. The number of rotatable bonds is 4. The fourth-order valence-corrected chi connectivity index (χ4v) is 3.28. The van der Waals surface area contributed by atoms with Crippen molar-refractivity contribution in [3.8, 4) is 0 Å². The Morgan fingerprint density at radius 3 is 2.59 bits per heavy atom. The Morgan fingerprint density at radius 1 is 1.41 bits per heavy atom. The summed E-state index contributed by atoms with van der Waals surface area (Å²) >= 11 is 1.46. The molecule has 0 spiro atoms. The molecule has 0 saturated carbocycles. The zero-order valence-electron chi connectivity index (χ0n) is 12.2. The summed E-state index contributed by atoms with van der Waals surface area (Å²) in [5.41, 5.74) is 8.36. The van der Waals surface area contributed by atoms with Gasteiger partial charge in [0.15, 0.2) is 0 Å². The Balaban J connectivity index is 2.36. The molecule has 2 N–H and O–H groups in total. The molecule has 1 aromatic carbocycles. The van der Waals surface area contributed by atoms with Gasteiger partial charge in [0.2, 0.25) is 0 Å². The second-order valence-corrected chi connectivity index (χ2v) is 5.70. The van der Waals surface area contributed by atoms with Crippen molar-refractivity contribution in [1.82, 2.24) is 0 Å². The Kier molecular flexibility index (Phi) is 4.87. The van der Waals surface area contributed by atoms with Gasteiger partial charge in [-0.1, -0.05) is 12.1 Å². The summed E-state index contributed by atoms with van der Waals surface area (Å²) in [6.45, 7) is 3.84. The van der Waals surface area contributed by atoms with Gasteiger partial charge in [-0.15, -0.1) is 11.8 Å². The lowest BCUT2D eigenvalue weighted by Gasteiger charge is -2.24. The minimum absolute atomic E-state index is 0.0341. The summed E-state index contributed by atoms with van der Waals surface area (Å²) in [4.78, 5) is 22.3. The van der Waals surface area contributed by atoms with Gasteiger partial charge in [0.05, 0.1) is 28.1 Å². The first-order chi connectivity index (χ1) is 10.5. The molecule has 1 heterocycles. The number of nitrogens with zero attached hydrogens (tertiary/aromatic N) is 1. The molecule has 0 aliphatic carbocycles. The maximum absolute atomic E-state index is 12.0. The number of nitrogens with two attached hydrogens (primary N) is 1. The minimum Gasteiger partial charge on any atom is -0.462 e. The highest BCUT2D eigenvalue weighted by Crippen LogP contribution is 2.43. The summed E-state index contributed by atoms with van der Waals surface area (Å²) < 4.78 is 5.04. The number of carbonyl (C=O) groups excluding carboxylic acids is 1. The van der Waals surface area contributed by atoms with Crippen molar-refractivity contribution >= 4 is 23.4 Å². The maximum Gasteiger partial charge on any atom is 0.340 e. The summed E-state index contributed by atoms with van der Waals surface area (Å²) in [6.07, 6.45) is 0. The lowest BCUT2D eigenvalue weighted by Crippen LogP contribution is -2.19. The van der Waals surface area contributed by atoms with Crippen LogP contribution in [-0.2, 0) is 9.53 Å². The standard InChI is InChI=1S/C15H16N2O4S/c1-3-21-15(18)13-9(2)14(22-8-12(13)16)10-4-6-11(7-5-10)17(19)20/h4-8,14H,3,16H2,1-2H3. The zero-order chi connectivity index (χ0) is 16.3. The van der Waals surface area contributed by atoms with E-state index in [0.717, 1.165) is 11.1 Å². The quantitative estimate of drug-likeness (QED) is 0.520. The lowest BCUT2D eigenvalue weighted by molar-refractivity contribution is -0.384. The Morgan fingerprint density at radius 2 is 2.05 bits per heavy atom. The van der Waals surface area contributed by atoms with Crippen LogP contribution in [0.3, 0.4) is 0 Å². The number of thioether (sulfide) groups is 1. The third-order valence-corrected chi connectivity index (χ3v) is 4.58. The predicted molar refractivity (Wildman–Crippen MR) is 85.0 cm³/mol. The Hall–Kier alpha value is -2.28. The molecule has 0 saturated heterocycles. The number of carbonyl (C=O) groups is 1. The van der Waals surface area contributed by atoms with E-state index in [1.165, 1.54) is 23.9 Å². The van der Waals surface area contributed by atoms with E-state index in [1.54, 1.807) is 24.5 Å². The van der Waals surface area contributed by atoms with Crippen LogP contribution in [0.25, 0.3) is 0 Å². The molecule has 0 aromatic heterocycles. The average Bonchev–Trinajstić information content (AvgIpc) is 2.48. The molecule has 1 aliphatic rings. The highest BCUT2D eigenvalue weighted by molar-refractivity contribution is 8.02. The number of nitro groups is 1. The molecule has 0 amide bonds. The van der Waals surface area contributed by atoms with Crippen molar-refractivity contribution < 1.29 is 14.5 Å². The highest BCUT2D eigenvalue weighted by Gasteiger charge is 2.27. The highest BCUT2D eigenvalue weighted by atomic mass is 32.2. The van der Waals surface area contributed by atoms with Crippen LogP contribution >= 0.6 is 11.8 Å². The normalized spacial score (nSPS) is 17.9. The maximum atomic E-state index is 12.0. The third kappa shape index (κ3) is 3.14. The molecule has 0 fully saturated rings. The monoisotopic (exact) mass is 320 g/mol. The summed E-state index contributed by atoms with van der Waals surface area (Å²) in [5.74, 6) is -0.444. The van der Waals surface area contributed by atoms with Crippen molar-refractivity contribution in [3.63, 3.8) is 0 Å². The molecule has 1 aliphatic heterocycles. The van der Waals surface area contributed by atoms with E-state index in [1.807, 2.05) is 6.92 Å². The molecule has 1 unspecified atom stereocenters. The van der Waals surface area contributed by atoms with Crippen LogP contribution in [0, 0.1) is 10.1 Å². The van der Waals surface area contributed by atoms with Crippen LogP contribution in [-0.4, -0.2) is 17.5 Å². The Labute approximate surface area is 132 Å². The van der Waals surface area contributed by atoms with E-state index in [0.29, 0.717) is 11.3 Å². The fourth-order valence-electron chi connectivity index (χ4n) is 2.24. The SMILES string of the molecule is CCOC(=O)C1=C(C)C(c2ccc([N+](=O)[O-])cc2)SC=C1N. The van der Waals surface area contributed by atoms with Gasteiger partial charge in [-0.05, 0) is 30.4 Å². The first-order valence-corrected chi connectivity index (χ1v) is 7.63. The van der Waals surface area contributed by atoms with Crippen LogP contribution in [0.4, 0.5) is 5.69 Å². The lowest BCUT2D eigenvalue weighted by atomic mass is 9.98.